The van der Waals surface area contributed by atoms with E-state index in [1.165, 1.54) is 33.7 Å². The first kappa shape index (κ1) is 22.9. The monoisotopic (exact) mass is 458 g/mol. The molecule has 0 radical (unpaired) electrons. The first-order chi connectivity index (χ1) is 16.4. The number of nitriles is 1. The molecule has 0 saturated carbocycles. The van der Waals surface area contributed by atoms with E-state index in [1.54, 1.807) is 31.2 Å². The number of benzene rings is 2. The summed E-state index contributed by atoms with van der Waals surface area (Å²) in [4.78, 5) is 36.7. The zero-order chi connectivity index (χ0) is 24.2. The third-order valence-corrected chi connectivity index (χ3v) is 5.58. The SMILES string of the molecule is CCCCc1c(C)nc2nc(N(Cc3ccc(C#N)cc3)C(=O)c3ccc(F)cc3)[nH]n2c1=O. The van der Waals surface area contributed by atoms with Crippen molar-refractivity contribution in [1.82, 2.24) is 19.6 Å². The second kappa shape index (κ2) is 9.67. The minimum atomic E-state index is -0.454. The molecule has 0 spiro atoms. The second-order valence-corrected chi connectivity index (χ2v) is 7.97. The van der Waals surface area contributed by atoms with E-state index in [1.807, 2.05) is 0 Å². The molecule has 4 rings (SSSR count). The van der Waals surface area contributed by atoms with Crippen LogP contribution in [-0.4, -0.2) is 25.5 Å². The lowest BCUT2D eigenvalue weighted by Crippen LogP contribution is -2.31. The summed E-state index contributed by atoms with van der Waals surface area (Å²) in [7, 11) is 0. The van der Waals surface area contributed by atoms with Gasteiger partial charge in [-0.25, -0.2) is 9.37 Å². The Labute approximate surface area is 195 Å². The summed E-state index contributed by atoms with van der Waals surface area (Å²) in [5.74, 6) is -0.589. The van der Waals surface area contributed by atoms with E-state index in [9.17, 15) is 14.0 Å². The molecule has 0 saturated heterocycles. The fraction of sp³-hybridized carbons (Fsp3) is 0.240. The lowest BCUT2D eigenvalue weighted by atomic mass is 10.1. The number of unbranched alkanes of at least 4 members (excludes halogenated alkanes) is 1. The summed E-state index contributed by atoms with van der Waals surface area (Å²) in [6, 6.07) is 14.1. The molecular weight excluding hydrogens is 435 g/mol. The molecule has 0 aliphatic carbocycles. The Morgan fingerprint density at radius 3 is 2.50 bits per heavy atom. The molecule has 1 N–H and O–H groups in total. The molecule has 8 nitrogen and oxygen atoms in total. The Hall–Kier alpha value is -4.32. The summed E-state index contributed by atoms with van der Waals surface area (Å²) < 4.78 is 14.7. The highest BCUT2D eigenvalue weighted by atomic mass is 19.1. The van der Waals surface area contributed by atoms with Gasteiger partial charge in [0.25, 0.3) is 17.2 Å². The van der Waals surface area contributed by atoms with Crippen molar-refractivity contribution in [1.29, 1.82) is 5.26 Å². The van der Waals surface area contributed by atoms with Crippen LogP contribution in [0.1, 0.15) is 52.5 Å². The lowest BCUT2D eigenvalue weighted by Gasteiger charge is -2.20. The van der Waals surface area contributed by atoms with Crippen LogP contribution >= 0.6 is 0 Å². The summed E-state index contributed by atoms with van der Waals surface area (Å²) in [5, 5.41) is 12.0. The molecular formula is C25H23FN6O2. The number of hydrogen-bond acceptors (Lipinski definition) is 5. The fourth-order valence-electron chi connectivity index (χ4n) is 3.66. The number of H-pyrrole nitrogens is 1. The van der Waals surface area contributed by atoms with Gasteiger partial charge >= 0.3 is 0 Å². The molecule has 0 unspecified atom stereocenters. The molecule has 0 fully saturated rings. The van der Waals surface area contributed by atoms with Gasteiger partial charge in [-0.1, -0.05) is 25.5 Å². The molecule has 172 valence electrons. The highest BCUT2D eigenvalue weighted by Gasteiger charge is 2.23. The normalized spacial score (nSPS) is 10.9. The average Bonchev–Trinajstić information content (AvgIpc) is 3.26. The number of hydrogen-bond donors (Lipinski definition) is 1. The molecule has 0 aliphatic rings. The molecule has 1 amide bonds. The number of amides is 1. The number of aryl methyl sites for hydroxylation is 1. The van der Waals surface area contributed by atoms with Gasteiger partial charge in [0.1, 0.15) is 5.82 Å². The number of rotatable bonds is 7. The maximum absolute atomic E-state index is 13.4. The van der Waals surface area contributed by atoms with Gasteiger partial charge in [0.15, 0.2) is 0 Å². The largest absolute Gasteiger partial charge is 0.277 e. The van der Waals surface area contributed by atoms with Crippen molar-refractivity contribution in [3.05, 3.63) is 92.6 Å². The molecule has 4 aromatic rings. The van der Waals surface area contributed by atoms with Crippen molar-refractivity contribution in [3.8, 4) is 6.07 Å². The molecule has 2 aromatic heterocycles. The number of nitrogens with zero attached hydrogens (tertiary/aromatic N) is 5. The Kier molecular flexibility index (Phi) is 6.50. The first-order valence-electron chi connectivity index (χ1n) is 11.0. The van der Waals surface area contributed by atoms with E-state index in [0.29, 0.717) is 23.2 Å². The fourth-order valence-corrected chi connectivity index (χ4v) is 3.66. The number of aromatic nitrogens is 4. The average molecular weight is 458 g/mol. The maximum atomic E-state index is 13.4. The van der Waals surface area contributed by atoms with Crippen LogP contribution in [0.3, 0.4) is 0 Å². The van der Waals surface area contributed by atoms with Crippen LogP contribution in [0, 0.1) is 24.1 Å². The number of carbonyl (C=O) groups is 1. The lowest BCUT2D eigenvalue weighted by molar-refractivity contribution is 0.0983. The standard InChI is InChI=1S/C25H23FN6O2/c1-3-4-5-21-16(2)28-24-29-25(30-32(24)23(21)34)31(15-18-8-6-17(14-27)7-9-18)22(33)19-10-12-20(26)13-11-19/h6-13H,3-5,15H2,1-2H3,(H,28,29,30). The summed E-state index contributed by atoms with van der Waals surface area (Å²) in [6.07, 6.45) is 2.41. The number of fused-ring (bicyclic) bond motifs is 1. The van der Waals surface area contributed by atoms with Gasteiger partial charge < -0.3 is 0 Å². The van der Waals surface area contributed by atoms with Gasteiger partial charge in [0, 0.05) is 11.1 Å². The smallest absolute Gasteiger partial charge is 0.272 e. The van der Waals surface area contributed by atoms with Gasteiger partial charge in [0.05, 0.1) is 23.9 Å². The zero-order valence-corrected chi connectivity index (χ0v) is 18.9. The number of nitrogens with one attached hydrogen (secondary N) is 1. The molecule has 34 heavy (non-hydrogen) atoms. The van der Waals surface area contributed by atoms with Gasteiger partial charge in [-0.05, 0) is 61.7 Å². The van der Waals surface area contributed by atoms with Crippen LogP contribution in [0.4, 0.5) is 10.3 Å². The molecule has 0 aliphatic heterocycles. The van der Waals surface area contributed by atoms with Crippen LogP contribution in [0.15, 0.2) is 53.3 Å². The topological polar surface area (TPSA) is 107 Å². The van der Waals surface area contributed by atoms with Crippen molar-refractivity contribution < 1.29 is 9.18 Å². The zero-order valence-electron chi connectivity index (χ0n) is 18.9. The quantitative estimate of drug-likeness (QED) is 0.452. The van der Waals surface area contributed by atoms with Crippen LogP contribution < -0.4 is 10.5 Å². The van der Waals surface area contributed by atoms with Crippen molar-refractivity contribution >= 4 is 17.6 Å². The van der Waals surface area contributed by atoms with Gasteiger partial charge in [-0.15, -0.1) is 0 Å². The minimum Gasteiger partial charge on any atom is -0.272 e. The van der Waals surface area contributed by atoms with Crippen LogP contribution in [0.5, 0.6) is 0 Å². The van der Waals surface area contributed by atoms with Gasteiger partial charge in [0.2, 0.25) is 5.95 Å². The van der Waals surface area contributed by atoms with Crippen molar-refractivity contribution in [2.75, 3.05) is 4.90 Å². The number of halogens is 1. The van der Waals surface area contributed by atoms with Crippen molar-refractivity contribution in [3.63, 3.8) is 0 Å². The molecule has 9 heteroatoms. The van der Waals surface area contributed by atoms with Crippen LogP contribution in [0.25, 0.3) is 5.78 Å². The highest BCUT2D eigenvalue weighted by Crippen LogP contribution is 2.19. The molecule has 2 aromatic carbocycles. The highest BCUT2D eigenvalue weighted by molar-refractivity contribution is 6.05. The van der Waals surface area contributed by atoms with E-state index < -0.39 is 11.7 Å². The predicted octanol–water partition coefficient (Wildman–Crippen LogP) is 3.93. The number of anilines is 1. The number of aromatic amines is 1. The minimum absolute atomic E-state index is 0.109. The Balaban J connectivity index is 1.79. The van der Waals surface area contributed by atoms with Crippen molar-refractivity contribution in [2.45, 2.75) is 39.7 Å². The number of carbonyl (C=O) groups excluding carboxylic acids is 1. The molecule has 0 bridgehead atoms. The molecule has 2 heterocycles. The summed E-state index contributed by atoms with van der Waals surface area (Å²) in [6.45, 7) is 3.94. The van der Waals surface area contributed by atoms with Gasteiger partial charge in [-0.3, -0.25) is 19.6 Å². The maximum Gasteiger partial charge on any atom is 0.277 e. The van der Waals surface area contributed by atoms with Crippen LogP contribution in [-0.2, 0) is 13.0 Å². The van der Waals surface area contributed by atoms with E-state index in [-0.39, 0.29) is 29.4 Å². The summed E-state index contributed by atoms with van der Waals surface area (Å²) in [5.41, 5.74) is 2.47. The summed E-state index contributed by atoms with van der Waals surface area (Å²) >= 11 is 0. The molecule has 0 atom stereocenters. The first-order valence-corrected chi connectivity index (χ1v) is 11.0. The van der Waals surface area contributed by atoms with Crippen molar-refractivity contribution in [2.24, 2.45) is 0 Å². The Bertz CT molecular complexity index is 1430. The third-order valence-electron chi connectivity index (χ3n) is 5.58. The van der Waals surface area contributed by atoms with E-state index in [4.69, 9.17) is 5.26 Å². The van der Waals surface area contributed by atoms with Gasteiger partial charge in [-0.2, -0.15) is 14.8 Å². The third kappa shape index (κ3) is 4.57. The predicted molar refractivity (Wildman–Crippen MR) is 125 cm³/mol. The Morgan fingerprint density at radius 1 is 1.15 bits per heavy atom. The van der Waals surface area contributed by atoms with E-state index >= 15 is 0 Å². The Morgan fingerprint density at radius 2 is 1.85 bits per heavy atom. The van der Waals surface area contributed by atoms with E-state index in [0.717, 1.165) is 18.4 Å². The van der Waals surface area contributed by atoms with E-state index in [2.05, 4.69) is 28.1 Å². The second-order valence-electron chi connectivity index (χ2n) is 7.97. The van der Waals surface area contributed by atoms with Crippen LogP contribution in [0.2, 0.25) is 0 Å².